The van der Waals surface area contributed by atoms with E-state index in [1.54, 1.807) is 38.5 Å². The number of hydrogen-bond donors (Lipinski definition) is 1. The Labute approximate surface area is 193 Å². The zero-order chi connectivity index (χ0) is 23.4. The second kappa shape index (κ2) is 9.61. The third-order valence-electron chi connectivity index (χ3n) is 5.63. The number of ether oxygens (including phenoxy) is 2. The highest BCUT2D eigenvalue weighted by molar-refractivity contribution is 6.36. The summed E-state index contributed by atoms with van der Waals surface area (Å²) in [6.07, 6.45) is 0.579. The SMILES string of the molecule is COc1ccc(C2=C(Nc3cc(C)ccc3OC)C(=O)N(CCc3ccccc3)C2=O)cc1. The van der Waals surface area contributed by atoms with Crippen molar-refractivity contribution < 1.29 is 19.1 Å². The lowest BCUT2D eigenvalue weighted by molar-refractivity contribution is -0.136. The molecule has 6 nitrogen and oxygen atoms in total. The van der Waals surface area contributed by atoms with E-state index in [2.05, 4.69) is 5.32 Å². The molecule has 6 heteroatoms. The Hall–Kier alpha value is -4.06. The van der Waals surface area contributed by atoms with Crippen LogP contribution < -0.4 is 14.8 Å². The largest absolute Gasteiger partial charge is 0.497 e. The molecule has 0 unspecified atom stereocenters. The van der Waals surface area contributed by atoms with Crippen molar-refractivity contribution in [1.29, 1.82) is 0 Å². The van der Waals surface area contributed by atoms with Gasteiger partial charge in [-0.3, -0.25) is 14.5 Å². The number of rotatable bonds is 8. The fraction of sp³-hybridized carbons (Fsp3) is 0.185. The van der Waals surface area contributed by atoms with Gasteiger partial charge in [-0.15, -0.1) is 0 Å². The molecule has 1 aliphatic rings. The van der Waals surface area contributed by atoms with Crippen molar-refractivity contribution in [2.75, 3.05) is 26.1 Å². The molecule has 0 bridgehead atoms. The van der Waals surface area contributed by atoms with Crippen LogP contribution in [0.2, 0.25) is 0 Å². The van der Waals surface area contributed by atoms with Gasteiger partial charge in [-0.1, -0.05) is 48.5 Å². The molecule has 0 saturated carbocycles. The van der Waals surface area contributed by atoms with Crippen LogP contribution in [0.5, 0.6) is 11.5 Å². The number of nitrogens with one attached hydrogen (secondary N) is 1. The van der Waals surface area contributed by atoms with Gasteiger partial charge in [0.05, 0.1) is 25.5 Å². The van der Waals surface area contributed by atoms with Crippen LogP contribution in [0.4, 0.5) is 5.69 Å². The minimum absolute atomic E-state index is 0.238. The second-order valence-corrected chi connectivity index (χ2v) is 7.80. The first-order valence-electron chi connectivity index (χ1n) is 10.7. The number of methoxy groups -OCH3 is 2. The summed E-state index contributed by atoms with van der Waals surface area (Å²) in [6.45, 7) is 2.24. The second-order valence-electron chi connectivity index (χ2n) is 7.80. The molecular formula is C27H26N2O4. The van der Waals surface area contributed by atoms with E-state index < -0.39 is 0 Å². The molecule has 1 heterocycles. The standard InChI is InChI=1S/C27H26N2O4/c1-18-9-14-23(33-3)22(17-18)28-25-24(20-10-12-21(32-2)13-11-20)26(30)29(27(25)31)16-15-19-7-5-4-6-8-19/h4-14,17,28H,15-16H2,1-3H3. The van der Waals surface area contributed by atoms with Crippen molar-refractivity contribution in [2.45, 2.75) is 13.3 Å². The highest BCUT2D eigenvalue weighted by atomic mass is 16.5. The maximum Gasteiger partial charge on any atom is 0.278 e. The van der Waals surface area contributed by atoms with Crippen LogP contribution >= 0.6 is 0 Å². The highest BCUT2D eigenvalue weighted by Gasteiger charge is 2.39. The lowest BCUT2D eigenvalue weighted by Crippen LogP contribution is -2.34. The van der Waals surface area contributed by atoms with Gasteiger partial charge >= 0.3 is 0 Å². The maximum atomic E-state index is 13.5. The molecule has 168 valence electrons. The van der Waals surface area contributed by atoms with Gasteiger partial charge in [0.15, 0.2) is 0 Å². The van der Waals surface area contributed by atoms with E-state index in [-0.39, 0.29) is 24.1 Å². The van der Waals surface area contributed by atoms with Crippen molar-refractivity contribution in [1.82, 2.24) is 4.90 Å². The molecule has 0 aliphatic carbocycles. The van der Waals surface area contributed by atoms with Crippen LogP contribution in [-0.4, -0.2) is 37.5 Å². The molecule has 0 saturated heterocycles. The average Bonchev–Trinajstić information content (AvgIpc) is 3.07. The van der Waals surface area contributed by atoms with Gasteiger partial charge in [0.2, 0.25) is 0 Å². The molecule has 0 aromatic heterocycles. The Kier molecular flexibility index (Phi) is 6.45. The Morgan fingerprint density at radius 3 is 2.24 bits per heavy atom. The van der Waals surface area contributed by atoms with Gasteiger partial charge in [0.1, 0.15) is 17.2 Å². The van der Waals surface area contributed by atoms with Gasteiger partial charge in [0, 0.05) is 6.54 Å². The minimum atomic E-state index is -0.356. The van der Waals surface area contributed by atoms with Gasteiger partial charge < -0.3 is 14.8 Å². The Morgan fingerprint density at radius 2 is 1.58 bits per heavy atom. The van der Waals surface area contributed by atoms with E-state index >= 15 is 0 Å². The molecule has 3 aromatic rings. The lowest BCUT2D eigenvalue weighted by Gasteiger charge is -2.16. The smallest absolute Gasteiger partial charge is 0.278 e. The normalized spacial score (nSPS) is 13.5. The van der Waals surface area contributed by atoms with Gasteiger partial charge in [-0.05, 0) is 54.3 Å². The monoisotopic (exact) mass is 442 g/mol. The fourth-order valence-electron chi connectivity index (χ4n) is 3.86. The predicted molar refractivity (Wildman–Crippen MR) is 128 cm³/mol. The number of aryl methyl sites for hydroxylation is 1. The number of carbonyl (C=O) groups excluding carboxylic acids is 2. The molecule has 1 N–H and O–H groups in total. The van der Waals surface area contributed by atoms with Crippen molar-refractivity contribution in [3.63, 3.8) is 0 Å². The lowest BCUT2D eigenvalue weighted by atomic mass is 10.0. The molecule has 3 aromatic carbocycles. The molecule has 33 heavy (non-hydrogen) atoms. The van der Waals surface area contributed by atoms with Crippen molar-refractivity contribution in [2.24, 2.45) is 0 Å². The number of nitrogens with zero attached hydrogens (tertiary/aromatic N) is 1. The summed E-state index contributed by atoms with van der Waals surface area (Å²) >= 11 is 0. The molecule has 1 aliphatic heterocycles. The molecule has 2 amide bonds. The van der Waals surface area contributed by atoms with Gasteiger partial charge in [-0.25, -0.2) is 0 Å². The van der Waals surface area contributed by atoms with Crippen LogP contribution in [0.25, 0.3) is 5.57 Å². The zero-order valence-corrected chi connectivity index (χ0v) is 18.9. The van der Waals surface area contributed by atoms with Crippen LogP contribution in [0.15, 0.2) is 78.5 Å². The van der Waals surface area contributed by atoms with Crippen LogP contribution in [0.3, 0.4) is 0 Å². The third kappa shape index (κ3) is 4.60. The van der Waals surface area contributed by atoms with E-state index in [1.165, 1.54) is 4.90 Å². The molecule has 0 fully saturated rings. The quantitative estimate of drug-likeness (QED) is 0.522. The van der Waals surface area contributed by atoms with Crippen molar-refractivity contribution >= 4 is 23.1 Å². The minimum Gasteiger partial charge on any atom is -0.497 e. The summed E-state index contributed by atoms with van der Waals surface area (Å²) in [4.78, 5) is 28.2. The molecule has 0 atom stereocenters. The van der Waals surface area contributed by atoms with Crippen molar-refractivity contribution in [3.8, 4) is 11.5 Å². The topological polar surface area (TPSA) is 67.9 Å². The first-order valence-corrected chi connectivity index (χ1v) is 10.7. The number of benzene rings is 3. The highest BCUT2D eigenvalue weighted by Crippen LogP contribution is 2.34. The predicted octanol–water partition coefficient (Wildman–Crippen LogP) is 4.45. The Bertz CT molecular complexity index is 1200. The number of anilines is 1. The summed E-state index contributed by atoms with van der Waals surface area (Å²) in [5.41, 5.74) is 3.91. The molecular weight excluding hydrogens is 416 g/mol. The first kappa shape index (κ1) is 22.1. The van der Waals surface area contributed by atoms with Crippen molar-refractivity contribution in [3.05, 3.63) is 95.2 Å². The summed E-state index contributed by atoms with van der Waals surface area (Å²) in [5, 5.41) is 3.20. The third-order valence-corrected chi connectivity index (χ3v) is 5.63. The van der Waals surface area contributed by atoms with E-state index in [0.717, 1.165) is 11.1 Å². The number of carbonyl (C=O) groups is 2. The molecule has 0 spiro atoms. The first-order chi connectivity index (χ1) is 16.0. The van der Waals surface area contributed by atoms with Crippen LogP contribution in [-0.2, 0) is 16.0 Å². The van der Waals surface area contributed by atoms with Gasteiger partial charge in [-0.2, -0.15) is 0 Å². The van der Waals surface area contributed by atoms with E-state index in [4.69, 9.17) is 9.47 Å². The van der Waals surface area contributed by atoms with E-state index in [0.29, 0.717) is 34.7 Å². The summed E-state index contributed by atoms with van der Waals surface area (Å²) < 4.78 is 10.7. The Morgan fingerprint density at radius 1 is 0.848 bits per heavy atom. The number of hydrogen-bond acceptors (Lipinski definition) is 5. The summed E-state index contributed by atoms with van der Waals surface area (Å²) in [5.74, 6) is 0.581. The molecule has 0 radical (unpaired) electrons. The molecule has 4 rings (SSSR count). The average molecular weight is 443 g/mol. The Balaban J connectivity index is 1.71. The van der Waals surface area contributed by atoms with Crippen LogP contribution in [0.1, 0.15) is 16.7 Å². The van der Waals surface area contributed by atoms with Gasteiger partial charge in [0.25, 0.3) is 11.8 Å². The number of amides is 2. The summed E-state index contributed by atoms with van der Waals surface area (Å²) in [6, 6.07) is 22.6. The summed E-state index contributed by atoms with van der Waals surface area (Å²) in [7, 11) is 3.16. The fourth-order valence-corrected chi connectivity index (χ4v) is 3.86. The van der Waals surface area contributed by atoms with Crippen LogP contribution in [0, 0.1) is 6.92 Å². The number of imide groups is 1. The van der Waals surface area contributed by atoms with E-state index in [1.807, 2.05) is 55.5 Å². The maximum absolute atomic E-state index is 13.5. The zero-order valence-electron chi connectivity index (χ0n) is 18.9. The van der Waals surface area contributed by atoms with E-state index in [9.17, 15) is 9.59 Å².